The monoisotopic (exact) mass is 199 g/mol. The first-order valence-electron chi connectivity index (χ1n) is 4.88. The molecule has 1 unspecified atom stereocenters. The van der Waals surface area contributed by atoms with Gasteiger partial charge < -0.3 is 0 Å². The molecule has 0 bridgehead atoms. The van der Waals surface area contributed by atoms with Crippen LogP contribution in [0, 0.1) is 10.7 Å². The highest BCUT2D eigenvalue weighted by molar-refractivity contribution is 7.71. The number of aromatic amines is 1. The quantitative estimate of drug-likeness (QED) is 0.740. The van der Waals surface area contributed by atoms with Crippen molar-refractivity contribution in [3.63, 3.8) is 0 Å². The van der Waals surface area contributed by atoms with Crippen molar-refractivity contribution in [3.8, 4) is 0 Å². The van der Waals surface area contributed by atoms with E-state index < -0.39 is 0 Å². The molecular weight excluding hydrogens is 182 g/mol. The third-order valence-corrected chi connectivity index (χ3v) is 2.66. The second-order valence-corrected chi connectivity index (χ2v) is 3.71. The number of nitrogens with zero attached hydrogens (tertiary/aromatic N) is 2. The molecule has 0 aliphatic heterocycles. The van der Waals surface area contributed by atoms with E-state index in [0.29, 0.717) is 4.77 Å². The summed E-state index contributed by atoms with van der Waals surface area (Å²) in [5.41, 5.74) is 0. The van der Waals surface area contributed by atoms with Crippen LogP contribution in [-0.2, 0) is 6.54 Å². The Kier molecular flexibility index (Phi) is 4.15. The van der Waals surface area contributed by atoms with Crippen LogP contribution in [-0.4, -0.2) is 14.8 Å². The molecule has 1 aromatic heterocycles. The van der Waals surface area contributed by atoms with E-state index >= 15 is 0 Å². The fraction of sp³-hybridized carbons (Fsp3) is 0.778. The lowest BCUT2D eigenvalue weighted by Crippen LogP contribution is -2.11. The third kappa shape index (κ3) is 2.95. The fourth-order valence-electron chi connectivity index (χ4n) is 1.50. The van der Waals surface area contributed by atoms with E-state index in [-0.39, 0.29) is 0 Å². The van der Waals surface area contributed by atoms with E-state index in [1.165, 1.54) is 19.3 Å². The molecule has 1 N–H and O–H groups in total. The fourth-order valence-corrected chi connectivity index (χ4v) is 1.68. The van der Waals surface area contributed by atoms with Gasteiger partial charge in [-0.1, -0.05) is 26.7 Å². The highest BCUT2D eigenvalue weighted by atomic mass is 32.1. The van der Waals surface area contributed by atoms with Crippen LogP contribution >= 0.6 is 12.2 Å². The van der Waals surface area contributed by atoms with Crippen LogP contribution in [0.5, 0.6) is 0 Å². The molecule has 74 valence electrons. The van der Waals surface area contributed by atoms with E-state index in [1.54, 1.807) is 6.33 Å². The van der Waals surface area contributed by atoms with Crippen molar-refractivity contribution in [2.45, 2.75) is 39.7 Å². The highest BCUT2D eigenvalue weighted by Crippen LogP contribution is 2.12. The van der Waals surface area contributed by atoms with Gasteiger partial charge in [0.25, 0.3) is 0 Å². The van der Waals surface area contributed by atoms with Gasteiger partial charge in [-0.25, -0.2) is 4.98 Å². The second-order valence-electron chi connectivity index (χ2n) is 3.34. The van der Waals surface area contributed by atoms with Crippen LogP contribution in [0.4, 0.5) is 0 Å². The van der Waals surface area contributed by atoms with Crippen LogP contribution in [0.15, 0.2) is 6.33 Å². The first-order chi connectivity index (χ1) is 6.27. The standard InChI is InChI=1S/C9H17N3S/c1-3-5-8(4-2)6-12-9(13)10-7-11-12/h7-8H,3-6H2,1-2H3,(H,10,11,13). The maximum absolute atomic E-state index is 5.06. The predicted octanol–water partition coefficient (Wildman–Crippen LogP) is 2.77. The van der Waals surface area contributed by atoms with Crippen LogP contribution in [0.25, 0.3) is 0 Å². The minimum Gasteiger partial charge on any atom is -0.286 e. The smallest absolute Gasteiger partial charge is 0.215 e. The SMILES string of the molecule is CCCC(CC)Cn1[nH]cnc1=S. The molecule has 1 atom stereocenters. The normalized spacial score (nSPS) is 13.1. The van der Waals surface area contributed by atoms with Crippen molar-refractivity contribution in [2.24, 2.45) is 5.92 Å². The van der Waals surface area contributed by atoms with Crippen molar-refractivity contribution >= 4 is 12.2 Å². The molecule has 0 aliphatic rings. The average Bonchev–Trinajstić information content (AvgIpc) is 2.51. The van der Waals surface area contributed by atoms with Crippen molar-refractivity contribution < 1.29 is 0 Å². The first kappa shape index (κ1) is 10.4. The number of nitrogens with one attached hydrogen (secondary N) is 1. The summed E-state index contributed by atoms with van der Waals surface area (Å²) in [6.07, 6.45) is 5.35. The van der Waals surface area contributed by atoms with Crippen molar-refractivity contribution in [1.82, 2.24) is 14.8 Å². The zero-order valence-electron chi connectivity index (χ0n) is 8.29. The molecular formula is C9H17N3S. The molecule has 0 fully saturated rings. The number of aromatic nitrogens is 3. The molecule has 0 aliphatic carbocycles. The molecule has 1 rings (SSSR count). The van der Waals surface area contributed by atoms with Gasteiger partial charge in [0.05, 0.1) is 0 Å². The number of hydrogen-bond donors (Lipinski definition) is 1. The van der Waals surface area contributed by atoms with Crippen LogP contribution in [0.3, 0.4) is 0 Å². The van der Waals surface area contributed by atoms with Gasteiger partial charge in [-0.2, -0.15) is 0 Å². The molecule has 0 spiro atoms. The van der Waals surface area contributed by atoms with E-state index in [1.807, 2.05) is 4.68 Å². The summed E-state index contributed by atoms with van der Waals surface area (Å²) in [5.74, 6) is 0.720. The number of H-pyrrole nitrogens is 1. The number of hydrogen-bond acceptors (Lipinski definition) is 2. The Labute approximate surface area is 84.2 Å². The zero-order valence-corrected chi connectivity index (χ0v) is 9.10. The van der Waals surface area contributed by atoms with Gasteiger partial charge in [-0.15, -0.1) is 0 Å². The maximum atomic E-state index is 5.06. The third-order valence-electron chi connectivity index (χ3n) is 2.33. The van der Waals surface area contributed by atoms with Gasteiger partial charge in [0, 0.05) is 6.54 Å². The maximum Gasteiger partial charge on any atom is 0.215 e. The minimum absolute atomic E-state index is 0.662. The molecule has 3 nitrogen and oxygen atoms in total. The molecule has 0 saturated heterocycles. The molecule has 0 radical (unpaired) electrons. The van der Waals surface area contributed by atoms with E-state index in [0.717, 1.165) is 12.5 Å². The van der Waals surface area contributed by atoms with Gasteiger partial charge in [0.1, 0.15) is 6.33 Å². The summed E-state index contributed by atoms with van der Waals surface area (Å²) in [4.78, 5) is 3.99. The van der Waals surface area contributed by atoms with E-state index in [9.17, 15) is 0 Å². The average molecular weight is 199 g/mol. The lowest BCUT2D eigenvalue weighted by molar-refractivity contribution is 0.376. The van der Waals surface area contributed by atoms with Crippen molar-refractivity contribution in [2.75, 3.05) is 0 Å². The molecule has 0 saturated carbocycles. The van der Waals surface area contributed by atoms with Crippen LogP contribution in [0.1, 0.15) is 33.1 Å². The molecule has 0 aromatic carbocycles. The van der Waals surface area contributed by atoms with Gasteiger partial charge >= 0.3 is 0 Å². The first-order valence-corrected chi connectivity index (χ1v) is 5.29. The molecule has 4 heteroatoms. The van der Waals surface area contributed by atoms with Gasteiger partial charge in [0.2, 0.25) is 4.77 Å². The minimum atomic E-state index is 0.662. The van der Waals surface area contributed by atoms with Crippen LogP contribution in [0.2, 0.25) is 0 Å². The van der Waals surface area contributed by atoms with Crippen molar-refractivity contribution in [3.05, 3.63) is 11.1 Å². The van der Waals surface area contributed by atoms with E-state index in [4.69, 9.17) is 12.2 Å². The van der Waals surface area contributed by atoms with Gasteiger partial charge in [0.15, 0.2) is 0 Å². The Morgan fingerprint density at radius 3 is 2.85 bits per heavy atom. The summed E-state index contributed by atoms with van der Waals surface area (Å²) in [6, 6.07) is 0. The summed E-state index contributed by atoms with van der Waals surface area (Å²) in [5, 5.41) is 3.03. The molecule has 0 amide bonds. The zero-order chi connectivity index (χ0) is 9.68. The Morgan fingerprint density at radius 1 is 1.62 bits per heavy atom. The highest BCUT2D eigenvalue weighted by Gasteiger charge is 2.06. The summed E-state index contributed by atoms with van der Waals surface area (Å²) in [7, 11) is 0. The summed E-state index contributed by atoms with van der Waals surface area (Å²) < 4.78 is 2.61. The lowest BCUT2D eigenvalue weighted by Gasteiger charge is -2.13. The Morgan fingerprint density at radius 2 is 2.38 bits per heavy atom. The van der Waals surface area contributed by atoms with Crippen LogP contribution < -0.4 is 0 Å². The lowest BCUT2D eigenvalue weighted by atomic mass is 10.0. The molecule has 13 heavy (non-hydrogen) atoms. The van der Waals surface area contributed by atoms with Crippen molar-refractivity contribution in [1.29, 1.82) is 0 Å². The Balaban J connectivity index is 2.56. The molecule has 1 aromatic rings. The van der Waals surface area contributed by atoms with Gasteiger partial charge in [-0.05, 0) is 24.6 Å². The largest absolute Gasteiger partial charge is 0.286 e. The molecule has 1 heterocycles. The summed E-state index contributed by atoms with van der Waals surface area (Å²) in [6.45, 7) is 5.42. The topological polar surface area (TPSA) is 33.6 Å². The van der Waals surface area contributed by atoms with Gasteiger partial charge in [-0.3, -0.25) is 9.78 Å². The Bertz CT molecular complexity index is 289. The van der Waals surface area contributed by atoms with E-state index in [2.05, 4.69) is 23.9 Å². The number of rotatable bonds is 5. The second kappa shape index (κ2) is 5.17. The predicted molar refractivity (Wildman–Crippen MR) is 56.1 cm³/mol. The summed E-state index contributed by atoms with van der Waals surface area (Å²) >= 11 is 5.06. The Hall–Kier alpha value is -0.640.